The molecule has 2 aromatic rings. The van der Waals surface area contributed by atoms with E-state index in [9.17, 15) is 0 Å². The van der Waals surface area contributed by atoms with E-state index in [-0.39, 0.29) is 17.8 Å². The number of benzene rings is 2. The third-order valence-corrected chi connectivity index (χ3v) is 4.71. The summed E-state index contributed by atoms with van der Waals surface area (Å²) in [4.78, 5) is 0. The molecule has 0 saturated carbocycles. The van der Waals surface area contributed by atoms with Crippen LogP contribution in [0.1, 0.15) is 36.0 Å². The van der Waals surface area contributed by atoms with Crippen molar-refractivity contribution in [2.75, 3.05) is 13.6 Å². The smallest absolute Gasteiger partial charge is 0.0209 e. The molecule has 2 aromatic carbocycles. The number of rotatable bonds is 5. The van der Waals surface area contributed by atoms with Crippen molar-refractivity contribution in [2.45, 2.75) is 31.1 Å². The van der Waals surface area contributed by atoms with Crippen molar-refractivity contribution in [1.29, 1.82) is 0 Å². The standard InChI is InChI=1S/C19H23N.ClH/c1-20-15-7-13-19(17-9-3-2-4-10-17)14-12-16-8-5-6-11-18(16)19;/h2-6,8-11,20H,7,12-15H2,1H3;1H. The predicted molar refractivity (Wildman–Crippen MR) is 92.4 cm³/mol. The molecule has 1 unspecified atom stereocenters. The van der Waals surface area contributed by atoms with Gasteiger partial charge in [0.05, 0.1) is 0 Å². The van der Waals surface area contributed by atoms with Crippen LogP contribution in [0.25, 0.3) is 0 Å². The van der Waals surface area contributed by atoms with E-state index in [0.29, 0.717) is 0 Å². The first-order valence-corrected chi connectivity index (χ1v) is 7.65. The Bertz CT molecular complexity index is 567. The lowest BCUT2D eigenvalue weighted by molar-refractivity contribution is 0.448. The fourth-order valence-corrected chi connectivity index (χ4v) is 3.72. The van der Waals surface area contributed by atoms with E-state index in [4.69, 9.17) is 0 Å². The largest absolute Gasteiger partial charge is 0.320 e. The summed E-state index contributed by atoms with van der Waals surface area (Å²) in [5.41, 5.74) is 4.82. The zero-order chi connectivity index (χ0) is 13.8. The molecule has 0 amide bonds. The lowest BCUT2D eigenvalue weighted by Gasteiger charge is -2.31. The fourth-order valence-electron chi connectivity index (χ4n) is 3.72. The molecule has 1 nitrogen and oxygen atoms in total. The molecule has 0 fully saturated rings. The van der Waals surface area contributed by atoms with E-state index in [0.717, 1.165) is 6.54 Å². The van der Waals surface area contributed by atoms with Gasteiger partial charge in [-0.25, -0.2) is 0 Å². The van der Waals surface area contributed by atoms with E-state index < -0.39 is 0 Å². The summed E-state index contributed by atoms with van der Waals surface area (Å²) in [5.74, 6) is 0. The molecule has 0 radical (unpaired) electrons. The summed E-state index contributed by atoms with van der Waals surface area (Å²) in [6, 6.07) is 20.1. The number of hydrogen-bond donors (Lipinski definition) is 1. The van der Waals surface area contributed by atoms with Crippen LogP contribution in [0.15, 0.2) is 54.6 Å². The van der Waals surface area contributed by atoms with Gasteiger partial charge in [0.25, 0.3) is 0 Å². The molecule has 0 saturated heterocycles. The molecule has 0 aliphatic heterocycles. The normalized spacial score (nSPS) is 19.9. The maximum atomic E-state index is 3.28. The Morgan fingerprint density at radius 1 is 1.00 bits per heavy atom. The van der Waals surface area contributed by atoms with Gasteiger partial charge in [0.2, 0.25) is 0 Å². The Morgan fingerprint density at radius 3 is 2.48 bits per heavy atom. The van der Waals surface area contributed by atoms with Gasteiger partial charge in [0, 0.05) is 5.41 Å². The molecule has 3 rings (SSSR count). The first-order valence-electron chi connectivity index (χ1n) is 7.65. The molecule has 0 spiro atoms. The molecule has 1 N–H and O–H groups in total. The van der Waals surface area contributed by atoms with Crippen LogP contribution in [0.3, 0.4) is 0 Å². The minimum absolute atomic E-state index is 0. The molecule has 2 heteroatoms. The molecule has 1 aliphatic carbocycles. The molecule has 1 aliphatic rings. The summed E-state index contributed by atoms with van der Waals surface area (Å²) >= 11 is 0. The lowest BCUT2D eigenvalue weighted by Crippen LogP contribution is -2.26. The van der Waals surface area contributed by atoms with E-state index in [1.165, 1.54) is 31.2 Å². The van der Waals surface area contributed by atoms with E-state index in [2.05, 4.69) is 59.9 Å². The second kappa shape index (κ2) is 7.11. The van der Waals surface area contributed by atoms with Crippen LogP contribution in [0, 0.1) is 0 Å². The Hall–Kier alpha value is -1.31. The maximum absolute atomic E-state index is 3.28. The summed E-state index contributed by atoms with van der Waals surface area (Å²) in [7, 11) is 2.04. The molecule has 0 aromatic heterocycles. The second-order valence-electron chi connectivity index (χ2n) is 5.81. The number of hydrogen-bond acceptors (Lipinski definition) is 1. The SMILES string of the molecule is CNCCCC1(c2ccccc2)CCc2ccccc21.Cl. The van der Waals surface area contributed by atoms with E-state index in [1.54, 1.807) is 11.1 Å². The zero-order valence-corrected chi connectivity index (χ0v) is 13.5. The molecule has 0 bridgehead atoms. The van der Waals surface area contributed by atoms with Crippen LogP contribution in [-0.4, -0.2) is 13.6 Å². The van der Waals surface area contributed by atoms with Crippen molar-refractivity contribution in [3.8, 4) is 0 Å². The summed E-state index contributed by atoms with van der Waals surface area (Å²) in [6.45, 7) is 1.09. The molecule has 1 atom stereocenters. The molecule has 0 heterocycles. The van der Waals surface area contributed by atoms with Gasteiger partial charge in [-0.3, -0.25) is 0 Å². The van der Waals surface area contributed by atoms with Crippen molar-refractivity contribution in [3.05, 3.63) is 71.3 Å². The highest BCUT2D eigenvalue weighted by Crippen LogP contribution is 2.47. The first-order chi connectivity index (χ1) is 9.87. The third-order valence-electron chi connectivity index (χ3n) is 4.71. The van der Waals surface area contributed by atoms with Crippen LogP contribution in [0.2, 0.25) is 0 Å². The van der Waals surface area contributed by atoms with Crippen LogP contribution >= 0.6 is 12.4 Å². The fraction of sp³-hybridized carbons (Fsp3) is 0.368. The van der Waals surface area contributed by atoms with Gasteiger partial charge in [0.15, 0.2) is 0 Å². The monoisotopic (exact) mass is 301 g/mol. The first kappa shape index (κ1) is 16.1. The van der Waals surface area contributed by atoms with Crippen molar-refractivity contribution in [1.82, 2.24) is 5.32 Å². The predicted octanol–water partition coefficient (Wildman–Crippen LogP) is 4.34. The van der Waals surface area contributed by atoms with Crippen LogP contribution in [0.4, 0.5) is 0 Å². The molecular formula is C19H24ClN. The van der Waals surface area contributed by atoms with Crippen LogP contribution < -0.4 is 5.32 Å². The number of halogens is 1. The number of nitrogens with one attached hydrogen (secondary N) is 1. The zero-order valence-electron chi connectivity index (χ0n) is 12.6. The third kappa shape index (κ3) is 3.00. The van der Waals surface area contributed by atoms with Crippen molar-refractivity contribution >= 4 is 12.4 Å². The summed E-state index contributed by atoms with van der Waals surface area (Å²) < 4.78 is 0. The van der Waals surface area contributed by atoms with Gasteiger partial charge in [-0.2, -0.15) is 0 Å². The average molecular weight is 302 g/mol. The topological polar surface area (TPSA) is 12.0 Å². The number of aryl methyl sites for hydroxylation is 1. The molecule has 21 heavy (non-hydrogen) atoms. The average Bonchev–Trinajstić information content (AvgIpc) is 2.89. The quantitative estimate of drug-likeness (QED) is 0.810. The molecular weight excluding hydrogens is 278 g/mol. The highest BCUT2D eigenvalue weighted by Gasteiger charge is 2.39. The Kier molecular flexibility index (Phi) is 5.44. The minimum atomic E-state index is 0. The maximum Gasteiger partial charge on any atom is 0.0209 e. The van der Waals surface area contributed by atoms with Gasteiger partial charge >= 0.3 is 0 Å². The van der Waals surface area contributed by atoms with Gasteiger partial charge in [0.1, 0.15) is 0 Å². The second-order valence-corrected chi connectivity index (χ2v) is 5.81. The van der Waals surface area contributed by atoms with E-state index >= 15 is 0 Å². The summed E-state index contributed by atoms with van der Waals surface area (Å²) in [5, 5.41) is 3.28. The van der Waals surface area contributed by atoms with Crippen molar-refractivity contribution < 1.29 is 0 Å². The van der Waals surface area contributed by atoms with Gasteiger partial charge < -0.3 is 5.32 Å². The van der Waals surface area contributed by atoms with Crippen LogP contribution in [0.5, 0.6) is 0 Å². The van der Waals surface area contributed by atoms with E-state index in [1.807, 2.05) is 7.05 Å². The van der Waals surface area contributed by atoms with Crippen molar-refractivity contribution in [2.24, 2.45) is 0 Å². The lowest BCUT2D eigenvalue weighted by atomic mass is 9.72. The Morgan fingerprint density at radius 2 is 1.71 bits per heavy atom. The highest BCUT2D eigenvalue weighted by atomic mass is 35.5. The highest BCUT2D eigenvalue weighted by molar-refractivity contribution is 5.85. The minimum Gasteiger partial charge on any atom is -0.320 e. The van der Waals surface area contributed by atoms with Crippen molar-refractivity contribution in [3.63, 3.8) is 0 Å². The van der Waals surface area contributed by atoms with Crippen LogP contribution in [-0.2, 0) is 11.8 Å². The van der Waals surface area contributed by atoms with Gasteiger partial charge in [-0.05, 0) is 56.0 Å². The Balaban J connectivity index is 0.00000161. The van der Waals surface area contributed by atoms with Gasteiger partial charge in [-0.15, -0.1) is 12.4 Å². The number of fused-ring (bicyclic) bond motifs is 1. The van der Waals surface area contributed by atoms with Gasteiger partial charge in [-0.1, -0.05) is 54.6 Å². The molecule has 112 valence electrons. The summed E-state index contributed by atoms with van der Waals surface area (Å²) in [6.07, 6.45) is 4.92. The Labute approximate surface area is 134 Å².